The fraction of sp³-hybridized carbons (Fsp3) is 0.357. The Bertz CT molecular complexity index is 570. The molecule has 0 amide bonds. The number of imidazole rings is 1. The van der Waals surface area contributed by atoms with E-state index < -0.39 is 11.6 Å². The number of anilines is 1. The van der Waals surface area contributed by atoms with E-state index in [9.17, 15) is 8.78 Å². The molecule has 0 unspecified atom stereocenters. The minimum atomic E-state index is -0.627. The molecule has 1 aromatic heterocycles. The second-order valence-corrected chi connectivity index (χ2v) is 4.43. The number of rotatable bonds is 4. The molecule has 5 heteroatoms. The van der Waals surface area contributed by atoms with Gasteiger partial charge in [-0.25, -0.2) is 13.8 Å². The monoisotopic (exact) mass is 265 g/mol. The molecule has 2 N–H and O–H groups in total. The van der Waals surface area contributed by atoms with E-state index in [0.29, 0.717) is 17.1 Å². The Morgan fingerprint density at radius 3 is 2.32 bits per heavy atom. The average Bonchev–Trinajstić information content (AvgIpc) is 2.66. The van der Waals surface area contributed by atoms with Crippen LogP contribution < -0.4 is 5.73 Å². The van der Waals surface area contributed by atoms with E-state index >= 15 is 0 Å². The predicted molar refractivity (Wildman–Crippen MR) is 71.7 cm³/mol. The highest BCUT2D eigenvalue weighted by Gasteiger charge is 2.15. The van der Waals surface area contributed by atoms with Gasteiger partial charge in [0.15, 0.2) is 0 Å². The molecule has 0 radical (unpaired) electrons. The maximum atomic E-state index is 13.3. The Labute approximate surface area is 111 Å². The van der Waals surface area contributed by atoms with Crippen molar-refractivity contribution >= 4 is 5.82 Å². The molecule has 1 heterocycles. The van der Waals surface area contributed by atoms with Crippen molar-refractivity contribution in [1.29, 1.82) is 0 Å². The van der Waals surface area contributed by atoms with Crippen LogP contribution in [0.15, 0.2) is 18.2 Å². The normalized spacial score (nSPS) is 10.9. The first kappa shape index (κ1) is 13.5. The summed E-state index contributed by atoms with van der Waals surface area (Å²) in [5, 5.41) is 0. The van der Waals surface area contributed by atoms with Gasteiger partial charge >= 0.3 is 0 Å². The standard InChI is InChI=1S/C14H17F2N3/c1-3-5-19-12(4-2)18-13(14(19)17)9-6-10(15)8-11(16)7-9/h6-8H,3-5,17H2,1-2H3. The molecular formula is C14H17F2N3. The minimum absolute atomic E-state index is 0.375. The number of benzene rings is 1. The topological polar surface area (TPSA) is 43.8 Å². The highest BCUT2D eigenvalue weighted by molar-refractivity contribution is 5.71. The molecule has 19 heavy (non-hydrogen) atoms. The molecule has 0 saturated heterocycles. The summed E-state index contributed by atoms with van der Waals surface area (Å²) in [4.78, 5) is 4.40. The number of nitrogens with zero attached hydrogens (tertiary/aromatic N) is 2. The Morgan fingerprint density at radius 2 is 1.79 bits per heavy atom. The lowest BCUT2D eigenvalue weighted by atomic mass is 10.1. The van der Waals surface area contributed by atoms with Crippen molar-refractivity contribution in [1.82, 2.24) is 9.55 Å². The maximum Gasteiger partial charge on any atom is 0.131 e. The van der Waals surface area contributed by atoms with Crippen molar-refractivity contribution in [2.24, 2.45) is 0 Å². The van der Waals surface area contributed by atoms with E-state index in [0.717, 1.165) is 31.3 Å². The molecule has 0 aliphatic rings. The molecule has 0 aliphatic heterocycles. The summed E-state index contributed by atoms with van der Waals surface area (Å²) in [6.07, 6.45) is 1.65. The largest absolute Gasteiger partial charge is 0.383 e. The third kappa shape index (κ3) is 2.59. The molecule has 0 fully saturated rings. The minimum Gasteiger partial charge on any atom is -0.383 e. The first-order valence-corrected chi connectivity index (χ1v) is 6.38. The number of aromatic nitrogens is 2. The lowest BCUT2D eigenvalue weighted by molar-refractivity contribution is 0.584. The van der Waals surface area contributed by atoms with Crippen molar-refractivity contribution in [3.8, 4) is 11.3 Å². The molecule has 1 aromatic carbocycles. The van der Waals surface area contributed by atoms with Crippen molar-refractivity contribution in [3.63, 3.8) is 0 Å². The van der Waals surface area contributed by atoms with Crippen LogP contribution in [0.3, 0.4) is 0 Å². The Hall–Kier alpha value is -1.91. The quantitative estimate of drug-likeness (QED) is 0.921. The number of hydrogen-bond acceptors (Lipinski definition) is 2. The van der Waals surface area contributed by atoms with E-state index in [2.05, 4.69) is 4.98 Å². The van der Waals surface area contributed by atoms with Gasteiger partial charge < -0.3 is 10.3 Å². The Morgan fingerprint density at radius 1 is 1.16 bits per heavy atom. The number of aryl methyl sites for hydroxylation is 1. The van der Waals surface area contributed by atoms with E-state index in [1.54, 1.807) is 0 Å². The summed E-state index contributed by atoms with van der Waals surface area (Å²) < 4.78 is 28.4. The molecule has 2 rings (SSSR count). The maximum absolute atomic E-state index is 13.3. The van der Waals surface area contributed by atoms with Crippen LogP contribution in [0.1, 0.15) is 26.1 Å². The van der Waals surface area contributed by atoms with Crippen molar-refractivity contribution < 1.29 is 8.78 Å². The zero-order valence-corrected chi connectivity index (χ0v) is 11.1. The van der Waals surface area contributed by atoms with Crippen LogP contribution in [0.2, 0.25) is 0 Å². The van der Waals surface area contributed by atoms with Crippen LogP contribution in [-0.2, 0) is 13.0 Å². The predicted octanol–water partition coefficient (Wildman–Crippen LogP) is 3.38. The van der Waals surface area contributed by atoms with Gasteiger partial charge in [-0.15, -0.1) is 0 Å². The summed E-state index contributed by atoms with van der Waals surface area (Å²) in [5.41, 5.74) is 6.88. The molecule has 0 spiro atoms. The SMILES string of the molecule is CCCn1c(CC)nc(-c2cc(F)cc(F)c2)c1N. The molecule has 0 aliphatic carbocycles. The van der Waals surface area contributed by atoms with Gasteiger partial charge in [0.25, 0.3) is 0 Å². The highest BCUT2D eigenvalue weighted by Crippen LogP contribution is 2.28. The fourth-order valence-electron chi connectivity index (χ4n) is 2.16. The van der Waals surface area contributed by atoms with Gasteiger partial charge in [-0.1, -0.05) is 13.8 Å². The molecule has 2 aromatic rings. The highest BCUT2D eigenvalue weighted by atomic mass is 19.1. The van der Waals surface area contributed by atoms with Crippen LogP contribution in [0.4, 0.5) is 14.6 Å². The number of nitrogens with two attached hydrogens (primary N) is 1. The first-order chi connectivity index (χ1) is 9.06. The van der Waals surface area contributed by atoms with Crippen LogP contribution in [-0.4, -0.2) is 9.55 Å². The van der Waals surface area contributed by atoms with Gasteiger partial charge in [0.05, 0.1) is 0 Å². The van der Waals surface area contributed by atoms with Crippen LogP contribution in [0.25, 0.3) is 11.3 Å². The van der Waals surface area contributed by atoms with E-state index in [1.807, 2.05) is 18.4 Å². The molecule has 0 bridgehead atoms. The zero-order valence-electron chi connectivity index (χ0n) is 11.1. The summed E-state index contributed by atoms with van der Waals surface area (Å²) in [7, 11) is 0. The van der Waals surface area contributed by atoms with E-state index in [4.69, 9.17) is 5.73 Å². The molecule has 102 valence electrons. The molecule has 0 atom stereocenters. The first-order valence-electron chi connectivity index (χ1n) is 6.38. The molecular weight excluding hydrogens is 248 g/mol. The van der Waals surface area contributed by atoms with Gasteiger partial charge in [0, 0.05) is 24.6 Å². The van der Waals surface area contributed by atoms with Gasteiger partial charge in [-0.2, -0.15) is 0 Å². The third-order valence-corrected chi connectivity index (χ3v) is 2.99. The second kappa shape index (κ2) is 5.38. The third-order valence-electron chi connectivity index (χ3n) is 2.99. The average molecular weight is 265 g/mol. The number of halogens is 2. The smallest absolute Gasteiger partial charge is 0.131 e. The second-order valence-electron chi connectivity index (χ2n) is 4.43. The van der Waals surface area contributed by atoms with E-state index in [-0.39, 0.29) is 0 Å². The fourth-order valence-corrected chi connectivity index (χ4v) is 2.16. The van der Waals surface area contributed by atoms with Crippen molar-refractivity contribution in [2.45, 2.75) is 33.2 Å². The number of hydrogen-bond donors (Lipinski definition) is 1. The summed E-state index contributed by atoms with van der Waals surface area (Å²) in [6.45, 7) is 4.77. The lowest BCUT2D eigenvalue weighted by Gasteiger charge is -2.06. The summed E-state index contributed by atoms with van der Waals surface area (Å²) in [5.74, 6) is 0.0395. The number of nitrogen functional groups attached to an aromatic ring is 1. The van der Waals surface area contributed by atoms with Crippen molar-refractivity contribution in [2.75, 3.05) is 5.73 Å². The molecule has 3 nitrogen and oxygen atoms in total. The van der Waals surface area contributed by atoms with Gasteiger partial charge in [-0.05, 0) is 18.6 Å². The lowest BCUT2D eigenvalue weighted by Crippen LogP contribution is -2.06. The Kier molecular flexibility index (Phi) is 3.83. The van der Waals surface area contributed by atoms with Gasteiger partial charge in [0.1, 0.15) is 29.0 Å². The van der Waals surface area contributed by atoms with Crippen LogP contribution in [0.5, 0.6) is 0 Å². The van der Waals surface area contributed by atoms with Crippen LogP contribution >= 0.6 is 0 Å². The summed E-state index contributed by atoms with van der Waals surface area (Å²) in [6, 6.07) is 3.33. The Balaban J connectivity index is 2.56. The van der Waals surface area contributed by atoms with Gasteiger partial charge in [-0.3, -0.25) is 0 Å². The van der Waals surface area contributed by atoms with Gasteiger partial charge in [0.2, 0.25) is 0 Å². The molecule has 0 saturated carbocycles. The zero-order chi connectivity index (χ0) is 14.0. The van der Waals surface area contributed by atoms with E-state index in [1.165, 1.54) is 12.1 Å². The summed E-state index contributed by atoms with van der Waals surface area (Å²) >= 11 is 0. The van der Waals surface area contributed by atoms with Crippen LogP contribution in [0, 0.1) is 11.6 Å². The van der Waals surface area contributed by atoms with Crippen molar-refractivity contribution in [3.05, 3.63) is 35.7 Å².